The molecule has 4 aromatic carbocycles. The van der Waals surface area contributed by atoms with E-state index < -0.39 is 21.3 Å². The Balaban J connectivity index is 1.71. The van der Waals surface area contributed by atoms with E-state index in [-0.39, 0.29) is 10.8 Å². The van der Waals surface area contributed by atoms with E-state index in [4.69, 9.17) is 0 Å². The number of hydrogen-bond donors (Lipinski definition) is 0. The molecule has 4 aromatic rings. The molecule has 0 radical (unpaired) electrons. The van der Waals surface area contributed by atoms with Crippen molar-refractivity contribution in [3.05, 3.63) is 151 Å². The minimum absolute atomic E-state index is 0.107. The molecule has 42 heavy (non-hydrogen) atoms. The zero-order chi connectivity index (χ0) is 29.8. The van der Waals surface area contributed by atoms with Gasteiger partial charge < -0.3 is 0 Å². The average Bonchev–Trinajstić information content (AvgIpc) is 3.58. The van der Waals surface area contributed by atoms with Crippen molar-refractivity contribution < 1.29 is 21.3 Å². The van der Waals surface area contributed by atoms with E-state index in [9.17, 15) is 0 Å². The van der Waals surface area contributed by atoms with E-state index in [1.807, 2.05) is 0 Å². The molecule has 0 saturated carbocycles. The summed E-state index contributed by atoms with van der Waals surface area (Å²) in [5.41, 5.74) is 14.5. The van der Waals surface area contributed by atoms with Crippen LogP contribution in [0.3, 0.4) is 0 Å². The number of benzene rings is 4. The molecule has 0 nitrogen and oxygen atoms in total. The normalized spacial score (nSPS) is 14.5. The summed E-state index contributed by atoms with van der Waals surface area (Å²) in [6.45, 7) is 18.4. The SMILES string of the molecule is Cc1ccc([C](c2ccc(C)cc2)=[Zr]([C]2=CC=CC2)[CH]2c3ccc(C(C)(C)C)cc3-c3cc(C(C)(C)C)ccc32)cc1. The van der Waals surface area contributed by atoms with Gasteiger partial charge in [-0.3, -0.25) is 0 Å². The predicted molar refractivity (Wildman–Crippen MR) is 179 cm³/mol. The van der Waals surface area contributed by atoms with Gasteiger partial charge in [0, 0.05) is 0 Å². The van der Waals surface area contributed by atoms with Crippen molar-refractivity contribution in [1.29, 1.82) is 0 Å². The second-order valence-electron chi connectivity index (χ2n) is 14.4. The molecule has 0 fully saturated rings. The van der Waals surface area contributed by atoms with Crippen LogP contribution in [0.1, 0.15) is 96.1 Å². The summed E-state index contributed by atoms with van der Waals surface area (Å²) < 4.78 is 3.75. The second kappa shape index (κ2) is 11.0. The van der Waals surface area contributed by atoms with Crippen molar-refractivity contribution in [2.45, 2.75) is 76.3 Å². The summed E-state index contributed by atoms with van der Waals surface area (Å²) in [7, 11) is 0. The van der Waals surface area contributed by atoms with Crippen molar-refractivity contribution in [1.82, 2.24) is 0 Å². The number of aryl methyl sites for hydroxylation is 2. The number of rotatable bonds is 4. The molecule has 0 N–H and O–H groups in total. The van der Waals surface area contributed by atoms with Crippen molar-refractivity contribution in [2.24, 2.45) is 0 Å². The first-order chi connectivity index (χ1) is 19.9. The Morgan fingerprint density at radius 3 is 1.45 bits per heavy atom. The van der Waals surface area contributed by atoms with Gasteiger partial charge in [0.1, 0.15) is 0 Å². The van der Waals surface area contributed by atoms with Gasteiger partial charge in [0.15, 0.2) is 0 Å². The summed E-state index contributed by atoms with van der Waals surface area (Å²) in [4.78, 5) is 0. The molecule has 0 amide bonds. The van der Waals surface area contributed by atoms with E-state index in [1.165, 1.54) is 44.5 Å². The first-order valence-electron chi connectivity index (χ1n) is 15.5. The van der Waals surface area contributed by atoms with Gasteiger partial charge in [0.05, 0.1) is 0 Å². The molecule has 0 aromatic heterocycles. The Bertz CT molecular complexity index is 1630. The van der Waals surface area contributed by atoms with Gasteiger partial charge in [-0.15, -0.1) is 0 Å². The third kappa shape index (κ3) is 5.46. The Kier molecular flexibility index (Phi) is 7.64. The van der Waals surface area contributed by atoms with Crippen LogP contribution in [-0.2, 0) is 32.1 Å². The van der Waals surface area contributed by atoms with Crippen LogP contribution in [0.2, 0.25) is 0 Å². The maximum absolute atomic E-state index is 2.66. The Hall–Kier alpha value is -2.89. The van der Waals surface area contributed by atoms with Gasteiger partial charge in [-0.2, -0.15) is 0 Å². The van der Waals surface area contributed by atoms with Gasteiger partial charge >= 0.3 is 263 Å². The molecule has 0 aliphatic heterocycles. The Morgan fingerprint density at radius 1 is 0.619 bits per heavy atom. The van der Waals surface area contributed by atoms with Gasteiger partial charge in [0.25, 0.3) is 0 Å². The summed E-state index contributed by atoms with van der Waals surface area (Å²) in [5, 5.41) is 0. The first kappa shape index (κ1) is 29.2. The molecular formula is C41H44Zr. The molecule has 0 spiro atoms. The van der Waals surface area contributed by atoms with Crippen LogP contribution >= 0.6 is 0 Å². The van der Waals surface area contributed by atoms with Gasteiger partial charge in [0.2, 0.25) is 0 Å². The Labute approximate surface area is 261 Å². The van der Waals surface area contributed by atoms with E-state index in [2.05, 4.69) is 159 Å². The zero-order valence-corrected chi connectivity index (χ0v) is 29.1. The van der Waals surface area contributed by atoms with Gasteiger partial charge in [-0.1, -0.05) is 0 Å². The monoisotopic (exact) mass is 626 g/mol. The molecule has 2 aliphatic carbocycles. The van der Waals surface area contributed by atoms with E-state index >= 15 is 0 Å². The molecule has 6 rings (SSSR count). The molecule has 2 aliphatic rings. The second-order valence-corrected chi connectivity index (χ2v) is 20.6. The Morgan fingerprint density at radius 2 is 1.07 bits per heavy atom. The number of hydrogen-bond acceptors (Lipinski definition) is 0. The average molecular weight is 628 g/mol. The van der Waals surface area contributed by atoms with Crippen molar-refractivity contribution in [2.75, 3.05) is 0 Å². The topological polar surface area (TPSA) is 0 Å². The van der Waals surface area contributed by atoms with Crippen LogP contribution in [0.15, 0.2) is 106 Å². The van der Waals surface area contributed by atoms with E-state index in [0.717, 1.165) is 6.42 Å². The third-order valence-corrected chi connectivity index (χ3v) is 17.4. The van der Waals surface area contributed by atoms with E-state index in [0.29, 0.717) is 3.63 Å². The standard InChI is InChI=1S/C21H25.C15H14.C5H5.Zr/c1-20(2,3)16-9-7-14-11-15-8-10-17(21(4,5)6)13-19(15)18(14)12-16;1-12-3-7-14(8-4-12)11-15-9-5-13(2)6-10-15;1-2-4-5-3-1;/h7-13H,1-6H3;3-10H,1-2H3;1-3H,4H2;. The fourth-order valence-corrected chi connectivity index (χ4v) is 15.6. The summed E-state index contributed by atoms with van der Waals surface area (Å²) in [5.74, 6) is 0. The molecule has 212 valence electrons. The molecule has 0 bridgehead atoms. The first-order valence-corrected chi connectivity index (χ1v) is 19.3. The fourth-order valence-electron chi connectivity index (χ4n) is 6.55. The third-order valence-electron chi connectivity index (χ3n) is 9.11. The van der Waals surface area contributed by atoms with Crippen LogP contribution in [0.4, 0.5) is 0 Å². The summed E-state index contributed by atoms with van der Waals surface area (Å²) >= 11 is -2.66. The van der Waals surface area contributed by atoms with Crippen LogP contribution < -0.4 is 0 Å². The molecule has 0 atom stereocenters. The van der Waals surface area contributed by atoms with Crippen LogP contribution in [0, 0.1) is 13.8 Å². The maximum atomic E-state index is 2.53. The molecule has 0 saturated heterocycles. The van der Waals surface area contributed by atoms with Crippen molar-refractivity contribution in [3.8, 4) is 11.1 Å². The van der Waals surface area contributed by atoms with Crippen LogP contribution in [0.25, 0.3) is 11.1 Å². The summed E-state index contributed by atoms with van der Waals surface area (Å²) in [6.07, 6.45) is 8.24. The minimum atomic E-state index is -2.66. The van der Waals surface area contributed by atoms with Gasteiger partial charge in [-0.25, -0.2) is 0 Å². The number of allylic oxidation sites excluding steroid dienone is 4. The molecule has 1 heteroatoms. The molecule has 0 heterocycles. The predicted octanol–water partition coefficient (Wildman–Crippen LogP) is 10.7. The van der Waals surface area contributed by atoms with Gasteiger partial charge in [-0.05, 0) is 0 Å². The van der Waals surface area contributed by atoms with Crippen LogP contribution in [0.5, 0.6) is 0 Å². The van der Waals surface area contributed by atoms with Crippen LogP contribution in [-0.4, -0.2) is 3.21 Å². The number of fused-ring (bicyclic) bond motifs is 3. The molecular weight excluding hydrogens is 584 g/mol. The van der Waals surface area contributed by atoms with E-state index in [1.54, 1.807) is 17.6 Å². The van der Waals surface area contributed by atoms with Crippen molar-refractivity contribution in [3.63, 3.8) is 0 Å². The fraction of sp³-hybridized carbons (Fsp3) is 0.293. The molecule has 0 unspecified atom stereocenters. The quantitative estimate of drug-likeness (QED) is 0.211. The zero-order valence-electron chi connectivity index (χ0n) is 26.6. The summed E-state index contributed by atoms with van der Waals surface area (Å²) in [6, 6.07) is 33.6. The van der Waals surface area contributed by atoms with Crippen molar-refractivity contribution >= 4 is 3.21 Å².